The van der Waals surface area contributed by atoms with Crippen LogP contribution in [0.3, 0.4) is 0 Å². The van der Waals surface area contributed by atoms with Gasteiger partial charge in [0, 0.05) is 5.54 Å². The van der Waals surface area contributed by atoms with Crippen molar-refractivity contribution in [1.82, 2.24) is 5.32 Å². The summed E-state index contributed by atoms with van der Waals surface area (Å²) in [7, 11) is 0. The summed E-state index contributed by atoms with van der Waals surface area (Å²) in [6.45, 7) is 5.36. The number of ether oxygens (including phenoxy) is 2. The van der Waals surface area contributed by atoms with Crippen molar-refractivity contribution in [2.45, 2.75) is 70.9 Å². The predicted molar refractivity (Wildman–Crippen MR) is 106 cm³/mol. The van der Waals surface area contributed by atoms with E-state index < -0.39 is 12.1 Å². The standard InChI is InChI=1S/C23H31NO4/c1-14-4-5-15(2)20(6-14)27-13-21(25)28-16(3)22(26)24-23-10-17-7-18(11-23)9-19(8-17)12-23/h4-6,16-19H,7-13H2,1-3H3,(H,24,26)/t16-,17?,18?,19?,23?/m1/s1. The maximum absolute atomic E-state index is 12.7. The van der Waals surface area contributed by atoms with Gasteiger partial charge in [0.1, 0.15) is 5.75 Å². The largest absolute Gasteiger partial charge is 0.482 e. The molecule has 0 unspecified atom stereocenters. The number of nitrogens with one attached hydrogen (secondary N) is 1. The number of hydrogen-bond acceptors (Lipinski definition) is 4. The smallest absolute Gasteiger partial charge is 0.344 e. The van der Waals surface area contributed by atoms with Gasteiger partial charge in [-0.15, -0.1) is 0 Å². The Hall–Kier alpha value is -2.04. The van der Waals surface area contributed by atoms with Crippen LogP contribution < -0.4 is 10.1 Å². The highest BCUT2D eigenvalue weighted by molar-refractivity contribution is 5.84. The summed E-state index contributed by atoms with van der Waals surface area (Å²) in [4.78, 5) is 24.9. The molecular formula is C23H31NO4. The molecule has 0 aromatic heterocycles. The number of carbonyl (C=O) groups is 2. The molecular weight excluding hydrogens is 354 g/mol. The Balaban J connectivity index is 1.28. The fourth-order valence-electron chi connectivity index (χ4n) is 5.91. The number of rotatable bonds is 6. The Morgan fingerprint density at radius 1 is 1.11 bits per heavy atom. The van der Waals surface area contributed by atoms with Gasteiger partial charge in [0.15, 0.2) is 12.7 Å². The van der Waals surface area contributed by atoms with Gasteiger partial charge in [0.05, 0.1) is 0 Å². The number of aryl methyl sites for hydroxylation is 2. The minimum atomic E-state index is -0.803. The molecule has 0 heterocycles. The third-order valence-electron chi connectivity index (χ3n) is 6.79. The van der Waals surface area contributed by atoms with Crippen LogP contribution in [0.25, 0.3) is 0 Å². The average Bonchev–Trinajstić information content (AvgIpc) is 2.61. The quantitative estimate of drug-likeness (QED) is 0.759. The van der Waals surface area contributed by atoms with Crippen LogP contribution in [0.5, 0.6) is 5.75 Å². The summed E-state index contributed by atoms with van der Waals surface area (Å²) in [5.74, 6) is 2.25. The molecule has 0 saturated heterocycles. The molecule has 4 bridgehead atoms. The highest BCUT2D eigenvalue weighted by Crippen LogP contribution is 2.55. The van der Waals surface area contributed by atoms with E-state index in [0.717, 1.165) is 48.1 Å². The van der Waals surface area contributed by atoms with Crippen LogP contribution in [0.4, 0.5) is 0 Å². The van der Waals surface area contributed by atoms with Crippen molar-refractivity contribution in [2.24, 2.45) is 17.8 Å². The van der Waals surface area contributed by atoms with Gasteiger partial charge in [0.25, 0.3) is 5.91 Å². The molecule has 0 aliphatic heterocycles. The molecule has 5 rings (SSSR count). The second kappa shape index (κ2) is 7.41. The first-order valence-electron chi connectivity index (χ1n) is 10.5. The average molecular weight is 386 g/mol. The molecule has 4 fully saturated rings. The molecule has 4 aliphatic carbocycles. The molecule has 0 radical (unpaired) electrons. The lowest BCUT2D eigenvalue weighted by molar-refractivity contribution is -0.158. The second-order valence-corrected chi connectivity index (χ2v) is 9.38. The van der Waals surface area contributed by atoms with E-state index in [9.17, 15) is 9.59 Å². The first kappa shape index (κ1) is 19.3. The lowest BCUT2D eigenvalue weighted by Crippen LogP contribution is -2.61. The van der Waals surface area contributed by atoms with Crippen LogP contribution in [-0.4, -0.2) is 30.1 Å². The molecule has 4 saturated carbocycles. The van der Waals surface area contributed by atoms with Gasteiger partial charge < -0.3 is 14.8 Å². The van der Waals surface area contributed by atoms with Crippen molar-refractivity contribution in [1.29, 1.82) is 0 Å². The SMILES string of the molecule is Cc1ccc(C)c(OCC(=O)O[C@H](C)C(=O)NC23CC4CC(CC(C4)C2)C3)c1. The molecule has 5 nitrogen and oxygen atoms in total. The van der Waals surface area contributed by atoms with Crippen molar-refractivity contribution in [3.05, 3.63) is 29.3 Å². The van der Waals surface area contributed by atoms with Gasteiger partial charge in [-0.05, 0) is 94.2 Å². The molecule has 1 amide bonds. The zero-order chi connectivity index (χ0) is 19.9. The van der Waals surface area contributed by atoms with Gasteiger partial charge in [-0.1, -0.05) is 12.1 Å². The summed E-state index contributed by atoms with van der Waals surface area (Å²) < 4.78 is 10.9. The molecule has 0 spiro atoms. The molecule has 5 heteroatoms. The summed E-state index contributed by atoms with van der Waals surface area (Å²) in [5, 5.41) is 3.26. The van der Waals surface area contributed by atoms with Gasteiger partial charge in [-0.3, -0.25) is 4.79 Å². The van der Waals surface area contributed by atoms with E-state index in [0.29, 0.717) is 5.75 Å². The third-order valence-corrected chi connectivity index (χ3v) is 6.79. The van der Waals surface area contributed by atoms with Crippen LogP contribution >= 0.6 is 0 Å². The van der Waals surface area contributed by atoms with Crippen LogP contribution in [0.2, 0.25) is 0 Å². The first-order valence-corrected chi connectivity index (χ1v) is 10.5. The maximum atomic E-state index is 12.7. The molecule has 1 aromatic carbocycles. The van der Waals surface area contributed by atoms with Crippen molar-refractivity contribution in [3.8, 4) is 5.75 Å². The summed E-state index contributed by atoms with van der Waals surface area (Å²) in [5.41, 5.74) is 1.96. The van der Waals surface area contributed by atoms with Crippen LogP contribution in [0.1, 0.15) is 56.6 Å². The van der Waals surface area contributed by atoms with E-state index in [1.165, 1.54) is 19.3 Å². The summed E-state index contributed by atoms with van der Waals surface area (Å²) >= 11 is 0. The number of esters is 1. The van der Waals surface area contributed by atoms with Crippen LogP contribution in [0.15, 0.2) is 18.2 Å². The fourth-order valence-corrected chi connectivity index (χ4v) is 5.91. The van der Waals surface area contributed by atoms with Crippen molar-refractivity contribution >= 4 is 11.9 Å². The zero-order valence-electron chi connectivity index (χ0n) is 17.1. The van der Waals surface area contributed by atoms with E-state index in [4.69, 9.17) is 9.47 Å². The van der Waals surface area contributed by atoms with Crippen LogP contribution in [-0.2, 0) is 14.3 Å². The molecule has 28 heavy (non-hydrogen) atoms. The summed E-state index contributed by atoms with van der Waals surface area (Å²) in [6, 6.07) is 5.85. The molecule has 1 N–H and O–H groups in total. The zero-order valence-corrected chi connectivity index (χ0v) is 17.1. The van der Waals surface area contributed by atoms with Crippen molar-refractivity contribution < 1.29 is 19.1 Å². The lowest BCUT2D eigenvalue weighted by Gasteiger charge is -2.57. The van der Waals surface area contributed by atoms with Gasteiger partial charge in [-0.2, -0.15) is 0 Å². The number of carbonyl (C=O) groups excluding carboxylic acids is 2. The number of hydrogen-bond donors (Lipinski definition) is 1. The first-order chi connectivity index (χ1) is 13.3. The normalized spacial score (nSPS) is 31.3. The topological polar surface area (TPSA) is 64.6 Å². The van der Waals surface area contributed by atoms with Gasteiger partial charge in [-0.25, -0.2) is 4.79 Å². The lowest BCUT2D eigenvalue weighted by atomic mass is 9.53. The Labute approximate surface area is 167 Å². The van der Waals surface area contributed by atoms with E-state index in [1.54, 1.807) is 6.92 Å². The van der Waals surface area contributed by atoms with Gasteiger partial charge in [0.2, 0.25) is 0 Å². The van der Waals surface area contributed by atoms with Crippen molar-refractivity contribution in [3.63, 3.8) is 0 Å². The van der Waals surface area contributed by atoms with E-state index in [2.05, 4.69) is 5.32 Å². The molecule has 152 valence electrons. The Bertz CT molecular complexity index is 737. The van der Waals surface area contributed by atoms with E-state index in [1.807, 2.05) is 32.0 Å². The number of benzene rings is 1. The van der Waals surface area contributed by atoms with Crippen LogP contribution in [0, 0.1) is 31.6 Å². The molecule has 4 aliphatic rings. The van der Waals surface area contributed by atoms with Gasteiger partial charge >= 0.3 is 5.97 Å². The fraction of sp³-hybridized carbons (Fsp3) is 0.652. The Kier molecular flexibility index (Phi) is 5.11. The minimum Gasteiger partial charge on any atom is -0.482 e. The maximum Gasteiger partial charge on any atom is 0.344 e. The highest BCUT2D eigenvalue weighted by Gasteiger charge is 2.51. The third kappa shape index (κ3) is 4.03. The predicted octanol–water partition coefficient (Wildman–Crippen LogP) is 3.70. The van der Waals surface area contributed by atoms with Crippen molar-refractivity contribution in [2.75, 3.05) is 6.61 Å². The van der Waals surface area contributed by atoms with E-state index in [-0.39, 0.29) is 18.1 Å². The Morgan fingerprint density at radius 3 is 2.32 bits per heavy atom. The monoisotopic (exact) mass is 385 g/mol. The molecule has 1 atom stereocenters. The molecule has 1 aromatic rings. The highest BCUT2D eigenvalue weighted by atomic mass is 16.6. The minimum absolute atomic E-state index is 0.0678. The second-order valence-electron chi connectivity index (χ2n) is 9.38. The van der Waals surface area contributed by atoms with E-state index >= 15 is 0 Å². The number of amides is 1. The summed E-state index contributed by atoms with van der Waals surface area (Å²) in [6.07, 6.45) is 6.44. The Morgan fingerprint density at radius 2 is 1.71 bits per heavy atom.